The molecule has 1 aromatic heterocycles. The lowest BCUT2D eigenvalue weighted by atomic mass is 9.98. The number of allylic oxidation sites excluding steroid dienone is 6. The van der Waals surface area contributed by atoms with E-state index < -0.39 is 0 Å². The quantitative estimate of drug-likeness (QED) is 0.397. The number of aromatic nitrogens is 2. The molecule has 0 fully saturated rings. The van der Waals surface area contributed by atoms with Gasteiger partial charge in [0.25, 0.3) is 0 Å². The van der Waals surface area contributed by atoms with E-state index in [0.29, 0.717) is 37.1 Å². The summed E-state index contributed by atoms with van der Waals surface area (Å²) in [5, 5.41) is 4.86. The van der Waals surface area contributed by atoms with Crippen LogP contribution in [0.2, 0.25) is 0 Å². The number of rotatable bonds is 7. The molecule has 1 N–H and O–H groups in total. The zero-order chi connectivity index (χ0) is 22.2. The zero-order valence-electron chi connectivity index (χ0n) is 18.3. The van der Waals surface area contributed by atoms with Gasteiger partial charge in [0.15, 0.2) is 11.5 Å². The Kier molecular flexibility index (Phi) is 7.35. The summed E-state index contributed by atoms with van der Waals surface area (Å²) in [5.41, 5.74) is 2.33. The van der Waals surface area contributed by atoms with Gasteiger partial charge in [-0.05, 0) is 38.3 Å². The Morgan fingerprint density at radius 2 is 2.19 bits per heavy atom. The molecule has 1 aromatic rings. The Morgan fingerprint density at radius 1 is 1.39 bits per heavy atom. The fourth-order valence-corrected chi connectivity index (χ4v) is 3.49. The van der Waals surface area contributed by atoms with Crippen LogP contribution in [0.4, 0.5) is 11.6 Å². The fourth-order valence-electron chi connectivity index (χ4n) is 3.49. The summed E-state index contributed by atoms with van der Waals surface area (Å²) >= 11 is 0. The minimum atomic E-state index is 0.261. The molecule has 2 heterocycles. The molecule has 0 aromatic carbocycles. The maximum atomic E-state index is 5.73. The highest BCUT2D eigenvalue weighted by Crippen LogP contribution is 2.29. The SMILES string of the molecule is C#C/C(=C\C(C)=C/CC)N([N+]#C)c1ncnc(NCC2C=CC3=C(C2)OCCO3)c1C. The normalized spacial score (nSPS) is 18.3. The number of anilines is 2. The largest absolute Gasteiger partial charge is 0.490 e. The number of ether oxygens (including phenoxy) is 2. The molecular formula is C24H28N5O2+. The van der Waals surface area contributed by atoms with Crippen molar-refractivity contribution in [2.75, 3.05) is 30.1 Å². The summed E-state index contributed by atoms with van der Waals surface area (Å²) in [5.74, 6) is 5.89. The van der Waals surface area contributed by atoms with Crippen molar-refractivity contribution < 1.29 is 9.47 Å². The highest BCUT2D eigenvalue weighted by molar-refractivity contribution is 5.64. The first-order valence-electron chi connectivity index (χ1n) is 10.4. The van der Waals surface area contributed by atoms with Crippen LogP contribution in [0.5, 0.6) is 0 Å². The summed E-state index contributed by atoms with van der Waals surface area (Å²) in [6.45, 7) is 13.5. The third-order valence-corrected chi connectivity index (χ3v) is 5.03. The predicted molar refractivity (Wildman–Crippen MR) is 123 cm³/mol. The van der Waals surface area contributed by atoms with Gasteiger partial charge in [0.2, 0.25) is 5.82 Å². The number of nitrogens with one attached hydrogen (secondary N) is 1. The number of nitrogens with zero attached hydrogens (tertiary/aromatic N) is 4. The number of hydrogen-bond donors (Lipinski definition) is 1. The molecule has 31 heavy (non-hydrogen) atoms. The molecule has 0 saturated carbocycles. The van der Waals surface area contributed by atoms with Crippen molar-refractivity contribution in [2.24, 2.45) is 5.92 Å². The first-order chi connectivity index (χ1) is 15.1. The minimum Gasteiger partial charge on any atom is -0.490 e. The number of hydrogen-bond acceptors (Lipinski definition) is 6. The van der Waals surface area contributed by atoms with Crippen molar-refractivity contribution in [1.82, 2.24) is 9.97 Å². The standard InChI is InChI=1S/C24H28N5O2/c1-6-8-17(3)13-20(7-2)29(25-5)24-18(4)23(27-16-28-24)26-15-19-9-10-21-22(14-19)31-12-11-30-21/h2,5,8-10,13,16,19H,6,11-12,14-15H2,1,3-4H3,(H,26,27,28)/q+1/b17-8-,20-13+. The smallest absolute Gasteiger partial charge is 0.305 e. The van der Waals surface area contributed by atoms with E-state index in [9.17, 15) is 0 Å². The average Bonchev–Trinajstić information content (AvgIpc) is 2.79. The lowest BCUT2D eigenvalue weighted by Crippen LogP contribution is -2.22. The lowest BCUT2D eigenvalue weighted by molar-refractivity contribution is 0.0598. The van der Waals surface area contributed by atoms with Crippen LogP contribution in [0.25, 0.3) is 4.95 Å². The van der Waals surface area contributed by atoms with Gasteiger partial charge in [-0.2, -0.15) is 0 Å². The van der Waals surface area contributed by atoms with Gasteiger partial charge in [-0.1, -0.05) is 24.6 Å². The molecule has 0 bridgehead atoms. The van der Waals surface area contributed by atoms with Gasteiger partial charge in [-0.15, -0.1) is 6.42 Å². The van der Waals surface area contributed by atoms with E-state index in [2.05, 4.69) is 45.2 Å². The molecule has 1 aliphatic carbocycles. The van der Waals surface area contributed by atoms with Crippen molar-refractivity contribution in [3.8, 4) is 18.9 Å². The minimum absolute atomic E-state index is 0.261. The maximum Gasteiger partial charge on any atom is 0.305 e. The molecule has 0 amide bonds. The van der Waals surface area contributed by atoms with Crippen LogP contribution in [0.3, 0.4) is 0 Å². The van der Waals surface area contributed by atoms with E-state index in [-0.39, 0.29) is 5.92 Å². The Labute approximate surface area is 184 Å². The second-order valence-corrected chi connectivity index (χ2v) is 7.32. The van der Waals surface area contributed by atoms with Gasteiger partial charge >= 0.3 is 6.57 Å². The molecule has 1 aliphatic heterocycles. The van der Waals surface area contributed by atoms with E-state index >= 15 is 0 Å². The molecule has 0 saturated heterocycles. The topological polar surface area (TPSA) is 63.9 Å². The van der Waals surface area contributed by atoms with E-state index in [1.54, 1.807) is 0 Å². The lowest BCUT2D eigenvalue weighted by Gasteiger charge is -2.26. The second kappa shape index (κ2) is 10.4. The Hall–Kier alpha value is -3.71. The van der Waals surface area contributed by atoms with Crippen LogP contribution < -0.4 is 10.3 Å². The zero-order valence-corrected chi connectivity index (χ0v) is 18.3. The van der Waals surface area contributed by atoms with Gasteiger partial charge in [0.1, 0.15) is 31.1 Å². The van der Waals surface area contributed by atoms with Crippen molar-refractivity contribution in [1.29, 1.82) is 0 Å². The van der Waals surface area contributed by atoms with E-state index in [4.69, 9.17) is 22.5 Å². The van der Waals surface area contributed by atoms with E-state index in [0.717, 1.165) is 35.5 Å². The molecule has 1 unspecified atom stereocenters. The average molecular weight is 419 g/mol. The van der Waals surface area contributed by atoms with Crippen molar-refractivity contribution >= 4 is 11.6 Å². The molecule has 160 valence electrons. The van der Waals surface area contributed by atoms with Crippen LogP contribution in [0, 0.1) is 31.8 Å². The molecular weight excluding hydrogens is 390 g/mol. The highest BCUT2D eigenvalue weighted by atomic mass is 16.6. The van der Waals surface area contributed by atoms with Crippen LogP contribution in [0.1, 0.15) is 32.3 Å². The summed E-state index contributed by atoms with van der Waals surface area (Å²) in [6, 6.07) is 0. The fraction of sp³-hybridized carbons (Fsp3) is 0.375. The highest BCUT2D eigenvalue weighted by Gasteiger charge is 2.25. The van der Waals surface area contributed by atoms with Gasteiger partial charge in [0, 0.05) is 29.5 Å². The Bertz CT molecular complexity index is 1020. The third kappa shape index (κ3) is 5.26. The maximum absolute atomic E-state index is 5.73. The van der Waals surface area contributed by atoms with Crippen molar-refractivity contribution in [3.05, 3.63) is 63.9 Å². The van der Waals surface area contributed by atoms with Crippen LogP contribution in [-0.2, 0) is 9.47 Å². The van der Waals surface area contributed by atoms with Gasteiger partial charge < -0.3 is 14.8 Å². The monoisotopic (exact) mass is 418 g/mol. The summed E-state index contributed by atoms with van der Waals surface area (Å²) in [4.78, 5) is 12.6. The van der Waals surface area contributed by atoms with Crippen LogP contribution >= 0.6 is 0 Å². The van der Waals surface area contributed by atoms with Gasteiger partial charge in [0.05, 0.1) is 4.95 Å². The third-order valence-electron chi connectivity index (χ3n) is 5.03. The Balaban J connectivity index is 1.76. The van der Waals surface area contributed by atoms with Gasteiger partial charge in [-0.3, -0.25) is 0 Å². The summed E-state index contributed by atoms with van der Waals surface area (Å²) in [6.07, 6.45) is 16.9. The molecule has 7 heteroatoms. The summed E-state index contributed by atoms with van der Waals surface area (Å²) < 4.78 is 11.3. The first kappa shape index (κ1) is 22.0. The molecule has 1 atom stereocenters. The first-order valence-corrected chi connectivity index (χ1v) is 10.4. The van der Waals surface area contributed by atoms with Crippen LogP contribution in [0.15, 0.2) is 53.4 Å². The Morgan fingerprint density at radius 3 is 2.94 bits per heavy atom. The van der Waals surface area contributed by atoms with Crippen LogP contribution in [-0.4, -0.2) is 29.7 Å². The molecule has 3 rings (SSSR count). The van der Waals surface area contributed by atoms with Crippen molar-refractivity contribution in [3.63, 3.8) is 0 Å². The summed E-state index contributed by atoms with van der Waals surface area (Å²) in [7, 11) is 0. The number of terminal acetylenes is 1. The molecule has 0 spiro atoms. The van der Waals surface area contributed by atoms with E-state index in [1.165, 1.54) is 11.3 Å². The second-order valence-electron chi connectivity index (χ2n) is 7.32. The molecule has 2 aliphatic rings. The molecule has 7 nitrogen and oxygen atoms in total. The molecule has 0 radical (unpaired) electrons. The van der Waals surface area contributed by atoms with E-state index in [1.807, 2.05) is 26.0 Å². The van der Waals surface area contributed by atoms with Crippen molar-refractivity contribution in [2.45, 2.75) is 33.6 Å². The predicted octanol–water partition coefficient (Wildman–Crippen LogP) is 4.59. The van der Waals surface area contributed by atoms with Gasteiger partial charge in [-0.25, -0.2) is 9.97 Å².